The third kappa shape index (κ3) is 11.0. The summed E-state index contributed by atoms with van der Waals surface area (Å²) < 4.78 is 5.76. The summed E-state index contributed by atoms with van der Waals surface area (Å²) in [7, 11) is 0. The Morgan fingerprint density at radius 3 is 1.97 bits per heavy atom. The van der Waals surface area contributed by atoms with Gasteiger partial charge in [-0.2, -0.15) is 0 Å². The fourth-order valence-electron chi connectivity index (χ4n) is 3.66. The molecular weight excluding hydrogens is 404 g/mol. The molecule has 172 valence electrons. The lowest BCUT2D eigenvalue weighted by atomic mass is 10.0. The van der Waals surface area contributed by atoms with Gasteiger partial charge in [-0.05, 0) is 55.5 Å². The number of aryl methyl sites for hydroxylation is 1. The molecule has 0 radical (unpaired) electrons. The number of rotatable bonds is 17. The molecule has 0 amide bonds. The summed E-state index contributed by atoms with van der Waals surface area (Å²) >= 11 is 6.13. The van der Waals surface area contributed by atoms with Crippen LogP contribution < -0.4 is 4.74 Å². The Balaban J connectivity index is 1.63. The van der Waals surface area contributed by atoms with E-state index in [2.05, 4.69) is 23.8 Å². The molecule has 0 aliphatic rings. The van der Waals surface area contributed by atoms with Crippen LogP contribution in [0, 0.1) is 0 Å². The number of unbranched alkanes of at least 4 members (excludes halogenated alkanes) is 9. The highest BCUT2D eigenvalue weighted by Crippen LogP contribution is 2.20. The highest BCUT2D eigenvalue weighted by Gasteiger charge is 2.04. The number of halogens is 1. The fraction of sp³-hybridized carbons (Fsp3) is 0.630. The van der Waals surface area contributed by atoms with Crippen molar-refractivity contribution in [2.24, 2.45) is 0 Å². The van der Waals surface area contributed by atoms with Gasteiger partial charge in [0.1, 0.15) is 5.75 Å². The first-order chi connectivity index (χ1) is 15.2. The molecule has 1 heterocycles. The molecule has 1 unspecified atom stereocenters. The van der Waals surface area contributed by atoms with Gasteiger partial charge < -0.3 is 4.74 Å². The molecule has 0 saturated carbocycles. The Bertz CT molecular complexity index is 687. The smallest absolute Gasteiger partial charge is 0.159 e. The molecular formula is C27H41ClN2O. The van der Waals surface area contributed by atoms with Crippen molar-refractivity contribution in [3.05, 3.63) is 42.2 Å². The highest BCUT2D eigenvalue weighted by atomic mass is 35.5. The van der Waals surface area contributed by atoms with Gasteiger partial charge in [0.2, 0.25) is 0 Å². The van der Waals surface area contributed by atoms with E-state index >= 15 is 0 Å². The molecule has 0 aliphatic heterocycles. The molecule has 2 rings (SSSR count). The normalized spacial score (nSPS) is 12.1. The second-order valence-electron chi connectivity index (χ2n) is 8.51. The zero-order valence-corrected chi connectivity index (χ0v) is 20.4. The predicted molar refractivity (Wildman–Crippen MR) is 133 cm³/mol. The quantitative estimate of drug-likeness (QED) is 0.181. The molecule has 4 heteroatoms. The maximum atomic E-state index is 6.13. The predicted octanol–water partition coefficient (Wildman–Crippen LogP) is 8.39. The monoisotopic (exact) mass is 444 g/mol. The second-order valence-corrected chi connectivity index (χ2v) is 9.13. The maximum absolute atomic E-state index is 6.13. The topological polar surface area (TPSA) is 35.0 Å². The summed E-state index contributed by atoms with van der Waals surface area (Å²) in [6.07, 6.45) is 20.5. The van der Waals surface area contributed by atoms with E-state index < -0.39 is 0 Å². The van der Waals surface area contributed by atoms with Crippen LogP contribution in [0.1, 0.15) is 96.5 Å². The molecule has 1 aromatic heterocycles. The summed E-state index contributed by atoms with van der Waals surface area (Å²) in [6, 6.07) is 7.99. The fourth-order valence-corrected chi connectivity index (χ4v) is 3.75. The molecule has 0 spiro atoms. The Labute approximate surface area is 195 Å². The largest absolute Gasteiger partial charge is 0.494 e. The van der Waals surface area contributed by atoms with Crippen molar-refractivity contribution in [1.82, 2.24) is 9.97 Å². The molecule has 0 N–H and O–H groups in total. The summed E-state index contributed by atoms with van der Waals surface area (Å²) in [5.41, 5.74) is 2.25. The number of hydrogen-bond donors (Lipinski definition) is 0. The van der Waals surface area contributed by atoms with Gasteiger partial charge in [-0.15, -0.1) is 11.6 Å². The minimum Gasteiger partial charge on any atom is -0.494 e. The number of ether oxygens (including phenoxy) is 1. The van der Waals surface area contributed by atoms with Crippen LogP contribution in [0.5, 0.6) is 5.75 Å². The average molecular weight is 445 g/mol. The van der Waals surface area contributed by atoms with Gasteiger partial charge in [0, 0.05) is 23.3 Å². The zero-order chi connectivity index (χ0) is 22.2. The average Bonchev–Trinajstić information content (AvgIpc) is 2.81. The molecule has 0 fully saturated rings. The van der Waals surface area contributed by atoms with Crippen LogP contribution in [-0.2, 0) is 6.42 Å². The van der Waals surface area contributed by atoms with Gasteiger partial charge in [-0.25, -0.2) is 9.97 Å². The molecule has 1 atom stereocenters. The Kier molecular flexibility index (Phi) is 13.3. The van der Waals surface area contributed by atoms with E-state index in [0.717, 1.165) is 36.4 Å². The van der Waals surface area contributed by atoms with E-state index in [1.54, 1.807) is 0 Å². The number of alkyl halides is 1. The van der Waals surface area contributed by atoms with Crippen LogP contribution in [-0.4, -0.2) is 22.0 Å². The van der Waals surface area contributed by atoms with Crippen LogP contribution in [0.25, 0.3) is 11.4 Å². The third-order valence-electron chi connectivity index (χ3n) is 5.78. The lowest BCUT2D eigenvalue weighted by Gasteiger charge is -2.09. The molecule has 3 nitrogen and oxygen atoms in total. The molecule has 0 saturated heterocycles. The minimum absolute atomic E-state index is 0.187. The van der Waals surface area contributed by atoms with Crippen molar-refractivity contribution in [2.75, 3.05) is 6.61 Å². The number of benzene rings is 1. The number of nitrogens with zero attached hydrogens (tertiary/aromatic N) is 2. The van der Waals surface area contributed by atoms with Crippen molar-refractivity contribution in [3.63, 3.8) is 0 Å². The van der Waals surface area contributed by atoms with Crippen molar-refractivity contribution in [3.8, 4) is 17.1 Å². The zero-order valence-electron chi connectivity index (χ0n) is 19.6. The Morgan fingerprint density at radius 2 is 1.39 bits per heavy atom. The SMILES string of the molecule is CCCCCCCCCCCCc1cnc(-c2ccc(OCCC(Cl)CC)cc2)nc1. The Hall–Kier alpha value is -1.61. The van der Waals surface area contributed by atoms with E-state index in [9.17, 15) is 0 Å². The first kappa shape index (κ1) is 25.6. The van der Waals surface area contributed by atoms with E-state index in [0.29, 0.717) is 6.61 Å². The van der Waals surface area contributed by atoms with Gasteiger partial charge in [-0.3, -0.25) is 0 Å². The van der Waals surface area contributed by atoms with E-state index in [1.807, 2.05) is 36.7 Å². The van der Waals surface area contributed by atoms with Gasteiger partial charge in [0.05, 0.1) is 6.61 Å². The van der Waals surface area contributed by atoms with Crippen molar-refractivity contribution in [2.45, 2.75) is 103 Å². The van der Waals surface area contributed by atoms with E-state index in [4.69, 9.17) is 16.3 Å². The highest BCUT2D eigenvalue weighted by molar-refractivity contribution is 6.20. The van der Waals surface area contributed by atoms with E-state index in [1.165, 1.54) is 69.8 Å². The molecule has 31 heavy (non-hydrogen) atoms. The standard InChI is InChI=1S/C27H41ClN2O/c1-3-5-6-7-8-9-10-11-12-13-14-23-21-29-27(30-22-23)24-15-17-26(18-16-24)31-20-19-25(28)4-2/h15-18,21-22,25H,3-14,19-20H2,1-2H3. The summed E-state index contributed by atoms with van der Waals surface area (Å²) in [5.74, 6) is 1.63. The first-order valence-corrected chi connectivity index (χ1v) is 12.8. The molecule has 0 bridgehead atoms. The summed E-state index contributed by atoms with van der Waals surface area (Å²) in [6.45, 7) is 5.01. The minimum atomic E-state index is 0.187. The van der Waals surface area contributed by atoms with Gasteiger partial charge in [0.25, 0.3) is 0 Å². The van der Waals surface area contributed by atoms with Crippen LogP contribution in [0.3, 0.4) is 0 Å². The van der Waals surface area contributed by atoms with Gasteiger partial charge in [-0.1, -0.05) is 71.6 Å². The van der Waals surface area contributed by atoms with E-state index in [-0.39, 0.29) is 5.38 Å². The van der Waals surface area contributed by atoms with Crippen molar-refractivity contribution in [1.29, 1.82) is 0 Å². The van der Waals surface area contributed by atoms with Gasteiger partial charge >= 0.3 is 0 Å². The molecule has 1 aromatic carbocycles. The lowest BCUT2D eigenvalue weighted by molar-refractivity contribution is 0.307. The molecule has 2 aromatic rings. The molecule has 0 aliphatic carbocycles. The maximum Gasteiger partial charge on any atom is 0.159 e. The van der Waals surface area contributed by atoms with Crippen molar-refractivity contribution >= 4 is 11.6 Å². The summed E-state index contributed by atoms with van der Waals surface area (Å²) in [5, 5.41) is 0.187. The van der Waals surface area contributed by atoms with Crippen LogP contribution in [0.15, 0.2) is 36.7 Å². The summed E-state index contributed by atoms with van der Waals surface area (Å²) in [4.78, 5) is 9.14. The number of hydrogen-bond acceptors (Lipinski definition) is 3. The lowest BCUT2D eigenvalue weighted by Crippen LogP contribution is -2.05. The van der Waals surface area contributed by atoms with Crippen LogP contribution in [0.4, 0.5) is 0 Å². The first-order valence-electron chi connectivity index (χ1n) is 12.4. The number of aromatic nitrogens is 2. The Morgan fingerprint density at radius 1 is 0.806 bits per heavy atom. The van der Waals surface area contributed by atoms with Crippen LogP contribution in [0.2, 0.25) is 0 Å². The third-order valence-corrected chi connectivity index (χ3v) is 6.31. The van der Waals surface area contributed by atoms with Crippen LogP contribution >= 0.6 is 11.6 Å². The van der Waals surface area contributed by atoms with Crippen molar-refractivity contribution < 1.29 is 4.74 Å². The second kappa shape index (κ2) is 16.1. The van der Waals surface area contributed by atoms with Gasteiger partial charge in [0.15, 0.2) is 5.82 Å².